The molecule has 0 aromatic rings. The van der Waals surface area contributed by atoms with E-state index in [-0.39, 0.29) is 0 Å². The van der Waals surface area contributed by atoms with Crippen molar-refractivity contribution >= 4 is 7.12 Å². The Morgan fingerprint density at radius 1 is 1.16 bits per heavy atom. The van der Waals surface area contributed by atoms with Crippen LogP contribution in [0.1, 0.15) is 48.0 Å². The Balaban J connectivity index is 2.83. The fraction of sp³-hybridized carbons (Fsp3) is 0.846. The van der Waals surface area contributed by atoms with Gasteiger partial charge in [-0.15, -0.1) is 0 Å². The Morgan fingerprint density at radius 3 is 1.95 bits per heavy atom. The van der Waals surface area contributed by atoms with Crippen LogP contribution in [0.2, 0.25) is 0 Å². The van der Waals surface area contributed by atoms with Gasteiger partial charge in [0.05, 0.1) is 11.2 Å². The van der Waals surface area contributed by atoms with Gasteiger partial charge in [-0.1, -0.05) is 19.9 Å². The Bertz CT molecular complexity index is 349. The van der Waals surface area contributed by atoms with Gasteiger partial charge in [0.15, 0.2) is 0 Å². The molecule has 1 aliphatic heterocycles. The minimum Gasteiger partial charge on any atom is -0.398 e. The second-order valence-corrected chi connectivity index (χ2v) is 6.70. The average molecular weight is 278 g/mol. The number of rotatable bonds is 4. The third-order valence-electron chi connectivity index (χ3n) is 3.69. The van der Waals surface area contributed by atoms with Crippen molar-refractivity contribution in [2.45, 2.75) is 65.6 Å². The summed E-state index contributed by atoms with van der Waals surface area (Å²) in [5.41, 5.74) is -2.88. The van der Waals surface area contributed by atoms with E-state index in [1.165, 1.54) is 6.08 Å². The molecule has 1 heterocycles. The first kappa shape index (κ1) is 16.6. The Hall–Kier alpha value is -0.485. The molecule has 0 amide bonds. The fourth-order valence-electron chi connectivity index (χ4n) is 1.85. The quantitative estimate of drug-likeness (QED) is 0.719. The molecule has 110 valence electrons. The lowest BCUT2D eigenvalue weighted by molar-refractivity contribution is 0.00578. The highest BCUT2D eigenvalue weighted by atomic mass is 19.3. The standard InChI is InChI=1S/C13H22BF3O2/c1-11(2,8-10(16)17)7-9(15)14-18-12(3,4)13(5,6)19-14/h7,10H,8H2,1-6H3. The molecule has 6 heteroatoms. The molecule has 1 aliphatic rings. The smallest absolute Gasteiger partial charge is 0.398 e. The van der Waals surface area contributed by atoms with Gasteiger partial charge in [0, 0.05) is 6.42 Å². The molecular weight excluding hydrogens is 256 g/mol. The van der Waals surface area contributed by atoms with E-state index < -0.39 is 42.3 Å². The van der Waals surface area contributed by atoms with Crippen LogP contribution in [-0.4, -0.2) is 24.7 Å². The van der Waals surface area contributed by atoms with Gasteiger partial charge in [-0.25, -0.2) is 13.2 Å². The van der Waals surface area contributed by atoms with Gasteiger partial charge in [0.2, 0.25) is 6.43 Å². The maximum atomic E-state index is 14.1. The topological polar surface area (TPSA) is 18.5 Å². The zero-order valence-electron chi connectivity index (χ0n) is 12.4. The van der Waals surface area contributed by atoms with Crippen molar-refractivity contribution in [3.05, 3.63) is 11.8 Å². The van der Waals surface area contributed by atoms with Crippen molar-refractivity contribution in [2.75, 3.05) is 0 Å². The van der Waals surface area contributed by atoms with Crippen LogP contribution in [0.5, 0.6) is 0 Å². The van der Waals surface area contributed by atoms with Gasteiger partial charge in [-0.3, -0.25) is 0 Å². The Labute approximate surface area is 113 Å². The highest BCUT2D eigenvalue weighted by Crippen LogP contribution is 2.39. The lowest BCUT2D eigenvalue weighted by Gasteiger charge is -2.32. The van der Waals surface area contributed by atoms with Crippen molar-refractivity contribution < 1.29 is 22.5 Å². The van der Waals surface area contributed by atoms with E-state index in [1.54, 1.807) is 13.8 Å². The summed E-state index contributed by atoms with van der Waals surface area (Å²) < 4.78 is 49.9. The van der Waals surface area contributed by atoms with Crippen molar-refractivity contribution in [1.82, 2.24) is 0 Å². The van der Waals surface area contributed by atoms with Crippen molar-refractivity contribution in [1.29, 1.82) is 0 Å². The summed E-state index contributed by atoms with van der Waals surface area (Å²) in [6, 6.07) is 0. The summed E-state index contributed by atoms with van der Waals surface area (Å²) in [5.74, 6) is 0. The second kappa shape index (κ2) is 5.13. The first-order chi connectivity index (χ1) is 8.36. The van der Waals surface area contributed by atoms with Crippen LogP contribution in [0.3, 0.4) is 0 Å². The molecule has 0 radical (unpaired) electrons. The second-order valence-electron chi connectivity index (χ2n) is 6.70. The zero-order chi connectivity index (χ0) is 15.1. The van der Waals surface area contributed by atoms with Crippen molar-refractivity contribution in [2.24, 2.45) is 5.41 Å². The van der Waals surface area contributed by atoms with Gasteiger partial charge in [-0.2, -0.15) is 0 Å². The van der Waals surface area contributed by atoms with Crippen LogP contribution < -0.4 is 0 Å². The third kappa shape index (κ3) is 3.99. The molecule has 1 saturated heterocycles. The molecule has 0 aromatic carbocycles. The Kier molecular flexibility index (Phi) is 4.47. The number of hydrogen-bond acceptors (Lipinski definition) is 2. The lowest BCUT2D eigenvalue weighted by atomic mass is 9.80. The fourth-order valence-corrected chi connectivity index (χ4v) is 1.85. The molecule has 0 spiro atoms. The molecule has 0 unspecified atom stereocenters. The monoisotopic (exact) mass is 278 g/mol. The van der Waals surface area contributed by atoms with E-state index in [1.807, 2.05) is 27.7 Å². The molecule has 0 atom stereocenters. The molecule has 0 N–H and O–H groups in total. The minimum atomic E-state index is -2.47. The maximum absolute atomic E-state index is 14.1. The van der Waals surface area contributed by atoms with E-state index >= 15 is 0 Å². The van der Waals surface area contributed by atoms with Gasteiger partial charge >= 0.3 is 7.12 Å². The summed E-state index contributed by atoms with van der Waals surface area (Å²) in [6.07, 6.45) is -1.71. The zero-order valence-corrected chi connectivity index (χ0v) is 12.4. The van der Waals surface area contributed by atoms with E-state index in [2.05, 4.69) is 0 Å². The highest BCUT2D eigenvalue weighted by molar-refractivity contribution is 6.53. The molecule has 2 nitrogen and oxygen atoms in total. The molecule has 19 heavy (non-hydrogen) atoms. The summed E-state index contributed by atoms with van der Waals surface area (Å²) in [5, 5.41) is 0. The Morgan fingerprint density at radius 2 is 1.58 bits per heavy atom. The molecule has 0 bridgehead atoms. The summed E-state index contributed by atoms with van der Waals surface area (Å²) in [7, 11) is -1.12. The van der Waals surface area contributed by atoms with E-state index in [9.17, 15) is 13.2 Å². The first-order valence-corrected chi connectivity index (χ1v) is 6.38. The molecule has 1 fully saturated rings. The number of halogens is 3. The predicted molar refractivity (Wildman–Crippen MR) is 69.7 cm³/mol. The van der Waals surface area contributed by atoms with E-state index in [4.69, 9.17) is 9.31 Å². The molecule has 0 aliphatic carbocycles. The maximum Gasteiger partial charge on any atom is 0.524 e. The van der Waals surface area contributed by atoms with Crippen LogP contribution >= 0.6 is 0 Å². The normalized spacial score (nSPS) is 23.3. The van der Waals surface area contributed by atoms with Gasteiger partial charge in [0.25, 0.3) is 0 Å². The minimum absolute atomic E-state index is 0.403. The summed E-state index contributed by atoms with van der Waals surface area (Å²) in [4.78, 5) is 0. The number of allylic oxidation sites excluding steroid dienone is 1. The SMILES string of the molecule is CC(C)(C=C(F)B1OC(C)(C)C(C)(C)O1)CC(F)F. The van der Waals surface area contributed by atoms with Gasteiger partial charge in [0.1, 0.15) is 5.73 Å². The number of alkyl halides is 2. The highest BCUT2D eigenvalue weighted by Gasteiger charge is 2.53. The molecular formula is C13H22BF3O2. The molecule has 0 aromatic heterocycles. The first-order valence-electron chi connectivity index (χ1n) is 6.38. The van der Waals surface area contributed by atoms with E-state index in [0.29, 0.717) is 0 Å². The van der Waals surface area contributed by atoms with Crippen LogP contribution in [-0.2, 0) is 9.31 Å². The van der Waals surface area contributed by atoms with Gasteiger partial charge in [-0.05, 0) is 33.1 Å². The largest absolute Gasteiger partial charge is 0.524 e. The van der Waals surface area contributed by atoms with Crippen LogP contribution in [0.25, 0.3) is 0 Å². The third-order valence-corrected chi connectivity index (χ3v) is 3.69. The number of hydrogen-bond donors (Lipinski definition) is 0. The van der Waals surface area contributed by atoms with Crippen molar-refractivity contribution in [3.63, 3.8) is 0 Å². The van der Waals surface area contributed by atoms with Crippen molar-refractivity contribution in [3.8, 4) is 0 Å². The van der Waals surface area contributed by atoms with Gasteiger partial charge < -0.3 is 9.31 Å². The van der Waals surface area contributed by atoms with Crippen LogP contribution in [0, 0.1) is 5.41 Å². The molecule has 0 saturated carbocycles. The predicted octanol–water partition coefficient (Wildman–Crippen LogP) is 4.15. The van der Waals surface area contributed by atoms with Crippen LogP contribution in [0.15, 0.2) is 11.8 Å². The summed E-state index contributed by atoms with van der Waals surface area (Å²) in [6.45, 7) is 10.4. The molecule has 1 rings (SSSR count). The van der Waals surface area contributed by atoms with E-state index in [0.717, 1.165) is 0 Å². The van der Waals surface area contributed by atoms with Crippen LogP contribution in [0.4, 0.5) is 13.2 Å². The summed E-state index contributed by atoms with van der Waals surface area (Å²) >= 11 is 0. The average Bonchev–Trinajstić information content (AvgIpc) is 2.32. The lowest BCUT2D eigenvalue weighted by Crippen LogP contribution is -2.41.